The summed E-state index contributed by atoms with van der Waals surface area (Å²) in [5, 5.41) is 0. The lowest BCUT2D eigenvalue weighted by molar-refractivity contribution is -0.152. The van der Waals surface area contributed by atoms with E-state index in [1.807, 2.05) is 20.8 Å². The zero-order chi connectivity index (χ0) is 20.3. The predicted molar refractivity (Wildman–Crippen MR) is 102 cm³/mol. The maximum absolute atomic E-state index is 12.6. The normalized spacial score (nSPS) is 12.4. The molecule has 0 unspecified atom stereocenters. The third-order valence-corrected chi connectivity index (χ3v) is 5.27. The fourth-order valence-electron chi connectivity index (χ4n) is 2.12. The highest BCUT2D eigenvalue weighted by Crippen LogP contribution is 2.12. The summed E-state index contributed by atoms with van der Waals surface area (Å²) < 4.78 is 37.5. The number of rotatable bonds is 12. The standard InChI is InChI=1S/C19H29NO6S/c1-4-6-12-25-18(21)14-17(19(22)26-13-7-5-2)20-27(23,24)16-10-8-15(3)9-11-16/h8-11,17,20H,4-7,12-14H2,1-3H3/t17-/m0/s1. The number of aryl methyl sites for hydroxylation is 1. The summed E-state index contributed by atoms with van der Waals surface area (Å²) in [6.45, 7) is 6.14. The molecule has 1 atom stereocenters. The lowest BCUT2D eigenvalue weighted by Gasteiger charge is -2.17. The first kappa shape index (κ1) is 23.1. The molecule has 8 heteroatoms. The fraction of sp³-hybridized carbons (Fsp3) is 0.579. The number of hydrogen-bond donors (Lipinski definition) is 1. The minimum absolute atomic E-state index is 0.0128. The van der Waals surface area contributed by atoms with E-state index >= 15 is 0 Å². The molecule has 152 valence electrons. The van der Waals surface area contributed by atoms with Crippen molar-refractivity contribution in [3.8, 4) is 0 Å². The quantitative estimate of drug-likeness (QED) is 0.429. The van der Waals surface area contributed by atoms with Crippen LogP contribution in [-0.4, -0.2) is 39.6 Å². The van der Waals surface area contributed by atoms with Gasteiger partial charge in [-0.2, -0.15) is 4.72 Å². The lowest BCUT2D eigenvalue weighted by Crippen LogP contribution is -2.43. The van der Waals surface area contributed by atoms with Gasteiger partial charge in [-0.25, -0.2) is 8.42 Å². The zero-order valence-electron chi connectivity index (χ0n) is 16.2. The van der Waals surface area contributed by atoms with Crippen molar-refractivity contribution in [2.24, 2.45) is 0 Å². The second kappa shape index (κ2) is 11.7. The first-order chi connectivity index (χ1) is 12.8. The molecule has 0 heterocycles. The van der Waals surface area contributed by atoms with E-state index in [4.69, 9.17) is 9.47 Å². The van der Waals surface area contributed by atoms with Crippen molar-refractivity contribution < 1.29 is 27.5 Å². The van der Waals surface area contributed by atoms with E-state index in [0.29, 0.717) is 12.8 Å². The van der Waals surface area contributed by atoms with Gasteiger partial charge in [0.25, 0.3) is 0 Å². The van der Waals surface area contributed by atoms with Gasteiger partial charge in [0.05, 0.1) is 24.5 Å². The molecule has 0 saturated heterocycles. The summed E-state index contributed by atoms with van der Waals surface area (Å²) >= 11 is 0. The van der Waals surface area contributed by atoms with Gasteiger partial charge in [-0.1, -0.05) is 44.4 Å². The summed E-state index contributed by atoms with van der Waals surface area (Å²) in [4.78, 5) is 24.3. The van der Waals surface area contributed by atoms with Crippen LogP contribution < -0.4 is 4.72 Å². The Bertz CT molecular complexity index is 699. The first-order valence-corrected chi connectivity index (χ1v) is 10.7. The van der Waals surface area contributed by atoms with Crippen molar-refractivity contribution in [1.29, 1.82) is 0 Å². The van der Waals surface area contributed by atoms with Crippen LogP contribution in [-0.2, 0) is 29.1 Å². The molecule has 1 rings (SSSR count). The Balaban J connectivity index is 2.86. The molecule has 1 N–H and O–H groups in total. The van der Waals surface area contributed by atoms with Gasteiger partial charge < -0.3 is 9.47 Å². The van der Waals surface area contributed by atoms with Gasteiger partial charge in [-0.05, 0) is 31.9 Å². The zero-order valence-corrected chi connectivity index (χ0v) is 17.0. The summed E-state index contributed by atoms with van der Waals surface area (Å²) in [7, 11) is -3.98. The smallest absolute Gasteiger partial charge is 0.324 e. The lowest BCUT2D eigenvalue weighted by atomic mass is 10.2. The molecular weight excluding hydrogens is 370 g/mol. The van der Waals surface area contributed by atoms with Crippen LogP contribution in [0.1, 0.15) is 51.5 Å². The molecule has 27 heavy (non-hydrogen) atoms. The van der Waals surface area contributed by atoms with E-state index < -0.39 is 34.4 Å². The van der Waals surface area contributed by atoms with Crippen LogP contribution >= 0.6 is 0 Å². The van der Waals surface area contributed by atoms with Gasteiger partial charge in [0.1, 0.15) is 6.04 Å². The Labute approximate surface area is 161 Å². The number of carbonyl (C=O) groups excluding carboxylic acids is 2. The van der Waals surface area contributed by atoms with Crippen LogP contribution in [0.5, 0.6) is 0 Å². The predicted octanol–water partition coefficient (Wildman–Crippen LogP) is 2.72. The van der Waals surface area contributed by atoms with Gasteiger partial charge in [0.2, 0.25) is 10.0 Å². The molecule has 1 aromatic rings. The van der Waals surface area contributed by atoms with Crippen molar-refractivity contribution in [1.82, 2.24) is 4.72 Å². The molecule has 0 radical (unpaired) electrons. The molecule has 0 aliphatic rings. The van der Waals surface area contributed by atoms with Crippen molar-refractivity contribution in [3.05, 3.63) is 29.8 Å². The van der Waals surface area contributed by atoms with Gasteiger partial charge in [0, 0.05) is 0 Å². The highest BCUT2D eigenvalue weighted by atomic mass is 32.2. The molecule has 0 aliphatic heterocycles. The number of nitrogens with one attached hydrogen (secondary N) is 1. The van der Waals surface area contributed by atoms with Crippen LogP contribution in [0.25, 0.3) is 0 Å². The Morgan fingerprint density at radius 3 is 2.11 bits per heavy atom. The minimum atomic E-state index is -3.98. The average molecular weight is 400 g/mol. The van der Waals surface area contributed by atoms with Crippen molar-refractivity contribution in [3.63, 3.8) is 0 Å². The molecule has 0 aromatic heterocycles. The highest BCUT2D eigenvalue weighted by Gasteiger charge is 2.29. The largest absolute Gasteiger partial charge is 0.466 e. The third-order valence-electron chi connectivity index (χ3n) is 3.79. The fourth-order valence-corrected chi connectivity index (χ4v) is 3.30. The Morgan fingerprint density at radius 2 is 1.56 bits per heavy atom. The van der Waals surface area contributed by atoms with Crippen LogP contribution in [0.3, 0.4) is 0 Å². The summed E-state index contributed by atoms with van der Waals surface area (Å²) in [5.41, 5.74) is 0.906. The molecule has 0 spiro atoms. The molecule has 0 fully saturated rings. The van der Waals surface area contributed by atoms with Crippen LogP contribution in [0.4, 0.5) is 0 Å². The maximum Gasteiger partial charge on any atom is 0.324 e. The molecule has 0 amide bonds. The number of sulfonamides is 1. The van der Waals surface area contributed by atoms with Crippen molar-refractivity contribution in [2.75, 3.05) is 13.2 Å². The van der Waals surface area contributed by atoms with Gasteiger partial charge >= 0.3 is 11.9 Å². The number of benzene rings is 1. The number of carbonyl (C=O) groups is 2. The van der Waals surface area contributed by atoms with Crippen molar-refractivity contribution >= 4 is 22.0 Å². The van der Waals surface area contributed by atoms with Crippen LogP contribution in [0, 0.1) is 6.92 Å². The monoisotopic (exact) mass is 399 g/mol. The average Bonchev–Trinajstić information content (AvgIpc) is 2.61. The molecule has 0 saturated carbocycles. The minimum Gasteiger partial charge on any atom is -0.466 e. The van der Waals surface area contributed by atoms with Gasteiger partial charge in [-0.15, -0.1) is 0 Å². The summed E-state index contributed by atoms with van der Waals surface area (Å²) in [6, 6.07) is 4.86. The Morgan fingerprint density at radius 1 is 1.00 bits per heavy atom. The van der Waals surface area contributed by atoms with E-state index in [9.17, 15) is 18.0 Å². The molecule has 1 aromatic carbocycles. The van der Waals surface area contributed by atoms with E-state index in [0.717, 1.165) is 18.4 Å². The number of esters is 2. The van der Waals surface area contributed by atoms with E-state index in [2.05, 4.69) is 4.72 Å². The Hall–Kier alpha value is -1.93. The highest BCUT2D eigenvalue weighted by molar-refractivity contribution is 7.89. The molecule has 0 bridgehead atoms. The molecular formula is C19H29NO6S. The van der Waals surface area contributed by atoms with Gasteiger partial charge in [0.15, 0.2) is 0 Å². The van der Waals surface area contributed by atoms with E-state index in [1.54, 1.807) is 12.1 Å². The summed E-state index contributed by atoms with van der Waals surface area (Å²) in [5.74, 6) is -1.43. The topological polar surface area (TPSA) is 98.8 Å². The van der Waals surface area contributed by atoms with E-state index in [-0.39, 0.29) is 18.1 Å². The van der Waals surface area contributed by atoms with E-state index in [1.165, 1.54) is 12.1 Å². The molecule has 7 nitrogen and oxygen atoms in total. The molecule has 0 aliphatic carbocycles. The summed E-state index contributed by atoms with van der Waals surface area (Å²) in [6.07, 6.45) is 2.62. The van der Waals surface area contributed by atoms with Crippen LogP contribution in [0.15, 0.2) is 29.2 Å². The number of ether oxygens (including phenoxy) is 2. The third kappa shape index (κ3) is 8.53. The Kier molecular flexibility index (Phi) is 10.0. The first-order valence-electron chi connectivity index (χ1n) is 9.21. The number of hydrogen-bond acceptors (Lipinski definition) is 6. The second-order valence-corrected chi connectivity index (χ2v) is 8.00. The van der Waals surface area contributed by atoms with Crippen molar-refractivity contribution in [2.45, 2.75) is 63.8 Å². The number of unbranched alkanes of at least 4 members (excludes halogenated alkanes) is 2. The SMILES string of the molecule is CCCCOC(=O)C[C@H](NS(=O)(=O)c1ccc(C)cc1)C(=O)OCCCC. The maximum atomic E-state index is 12.6. The van der Waals surface area contributed by atoms with Gasteiger partial charge in [-0.3, -0.25) is 9.59 Å². The second-order valence-electron chi connectivity index (χ2n) is 6.29. The van der Waals surface area contributed by atoms with Crippen LogP contribution in [0.2, 0.25) is 0 Å².